The summed E-state index contributed by atoms with van der Waals surface area (Å²) >= 11 is 1.95. The molecule has 20 heavy (non-hydrogen) atoms. The quantitative estimate of drug-likeness (QED) is 0.474. The van der Waals surface area contributed by atoms with Gasteiger partial charge in [0, 0.05) is 31.1 Å². The molecule has 0 radical (unpaired) electrons. The molecule has 1 saturated heterocycles. The van der Waals surface area contributed by atoms with Crippen molar-refractivity contribution >= 4 is 41.7 Å². The molecule has 1 aliphatic heterocycles. The van der Waals surface area contributed by atoms with E-state index in [2.05, 4.69) is 9.89 Å². The lowest BCUT2D eigenvalue weighted by molar-refractivity contribution is 0.456. The molecule has 3 nitrogen and oxygen atoms in total. The van der Waals surface area contributed by atoms with E-state index in [9.17, 15) is 4.39 Å². The van der Waals surface area contributed by atoms with Gasteiger partial charge < -0.3 is 10.6 Å². The minimum Gasteiger partial charge on any atom is -0.370 e. The number of rotatable bonds is 3. The summed E-state index contributed by atoms with van der Waals surface area (Å²) in [6.45, 7) is 4.54. The number of nitrogens with zero attached hydrogens (tertiary/aromatic N) is 2. The average molecular weight is 409 g/mol. The summed E-state index contributed by atoms with van der Waals surface area (Å²) in [5.74, 6) is 2.69. The van der Waals surface area contributed by atoms with Crippen LogP contribution in [0.5, 0.6) is 0 Å². The first-order chi connectivity index (χ1) is 9.16. The zero-order valence-corrected chi connectivity index (χ0v) is 14.8. The second kappa shape index (κ2) is 8.71. The maximum atomic E-state index is 13.0. The molecule has 1 fully saturated rings. The molecule has 0 saturated carbocycles. The van der Waals surface area contributed by atoms with Crippen LogP contribution in [0.25, 0.3) is 0 Å². The van der Waals surface area contributed by atoms with Crippen molar-refractivity contribution in [3.63, 3.8) is 0 Å². The van der Waals surface area contributed by atoms with Crippen LogP contribution in [-0.4, -0.2) is 42.0 Å². The van der Waals surface area contributed by atoms with Gasteiger partial charge in [-0.15, -0.1) is 24.0 Å². The second-order valence-corrected chi connectivity index (χ2v) is 5.88. The molecule has 2 N–H and O–H groups in total. The molecule has 0 amide bonds. The van der Waals surface area contributed by atoms with Crippen LogP contribution in [0.3, 0.4) is 0 Å². The first-order valence-electron chi connectivity index (χ1n) is 6.54. The second-order valence-electron chi connectivity index (χ2n) is 4.66. The fraction of sp³-hybridized carbons (Fsp3) is 0.500. The number of halogens is 2. The molecule has 1 heterocycles. The van der Waals surface area contributed by atoms with Crippen LogP contribution < -0.4 is 5.73 Å². The van der Waals surface area contributed by atoms with Gasteiger partial charge in [0.1, 0.15) is 5.82 Å². The third-order valence-corrected chi connectivity index (χ3v) is 4.24. The van der Waals surface area contributed by atoms with Crippen LogP contribution in [0, 0.1) is 12.7 Å². The van der Waals surface area contributed by atoms with Crippen LogP contribution in [0.15, 0.2) is 23.2 Å². The highest BCUT2D eigenvalue weighted by molar-refractivity contribution is 14.0. The first-order valence-corrected chi connectivity index (χ1v) is 7.70. The van der Waals surface area contributed by atoms with Gasteiger partial charge in [-0.3, -0.25) is 4.99 Å². The maximum absolute atomic E-state index is 13.0. The number of aryl methyl sites for hydroxylation is 1. The van der Waals surface area contributed by atoms with E-state index in [4.69, 9.17) is 5.73 Å². The van der Waals surface area contributed by atoms with Crippen molar-refractivity contribution in [2.24, 2.45) is 10.7 Å². The molecule has 0 unspecified atom stereocenters. The molecule has 1 aromatic rings. The van der Waals surface area contributed by atoms with Crippen LogP contribution in [-0.2, 0) is 6.42 Å². The highest BCUT2D eigenvalue weighted by atomic mass is 127. The lowest BCUT2D eigenvalue weighted by atomic mass is 10.1. The van der Waals surface area contributed by atoms with Crippen molar-refractivity contribution in [1.82, 2.24) is 4.90 Å². The van der Waals surface area contributed by atoms with Gasteiger partial charge in [-0.25, -0.2) is 4.39 Å². The van der Waals surface area contributed by atoms with Crippen LogP contribution in [0.2, 0.25) is 0 Å². The number of hydrogen-bond acceptors (Lipinski definition) is 2. The van der Waals surface area contributed by atoms with E-state index >= 15 is 0 Å². The average Bonchev–Trinajstić information content (AvgIpc) is 2.42. The van der Waals surface area contributed by atoms with Crippen LogP contribution in [0.4, 0.5) is 4.39 Å². The molecule has 0 atom stereocenters. The van der Waals surface area contributed by atoms with Crippen molar-refractivity contribution in [2.45, 2.75) is 13.3 Å². The third kappa shape index (κ3) is 5.12. The molecule has 1 aromatic carbocycles. The molecular weight excluding hydrogens is 388 g/mol. The molecule has 0 aromatic heterocycles. The van der Waals surface area contributed by atoms with Gasteiger partial charge in [0.25, 0.3) is 0 Å². The lowest BCUT2D eigenvalue weighted by Crippen LogP contribution is -2.42. The highest BCUT2D eigenvalue weighted by Gasteiger charge is 2.11. The highest BCUT2D eigenvalue weighted by Crippen LogP contribution is 2.11. The molecule has 2 rings (SSSR count). The van der Waals surface area contributed by atoms with Crippen molar-refractivity contribution < 1.29 is 4.39 Å². The Hall–Kier alpha value is -0.500. The Bertz CT molecular complexity index is 462. The topological polar surface area (TPSA) is 41.6 Å². The summed E-state index contributed by atoms with van der Waals surface area (Å²) < 4.78 is 13.0. The standard InChI is InChI=1S/C14H20FN3S.HI/c1-11-10-13(15)3-2-12(11)4-5-17-14(16)18-6-8-19-9-7-18;/h2-3,10H,4-9H2,1H3,(H2,16,17);1H. The van der Waals surface area contributed by atoms with Crippen molar-refractivity contribution in [1.29, 1.82) is 0 Å². The van der Waals surface area contributed by atoms with Crippen LogP contribution in [0.1, 0.15) is 11.1 Å². The molecule has 0 spiro atoms. The van der Waals surface area contributed by atoms with E-state index in [0.29, 0.717) is 12.5 Å². The van der Waals surface area contributed by atoms with E-state index in [1.54, 1.807) is 6.07 Å². The summed E-state index contributed by atoms with van der Waals surface area (Å²) in [7, 11) is 0. The summed E-state index contributed by atoms with van der Waals surface area (Å²) in [4.78, 5) is 6.56. The SMILES string of the molecule is Cc1cc(F)ccc1CCN=C(N)N1CCSCC1.I. The van der Waals surface area contributed by atoms with Gasteiger partial charge in [0.15, 0.2) is 5.96 Å². The van der Waals surface area contributed by atoms with Gasteiger partial charge >= 0.3 is 0 Å². The number of nitrogens with two attached hydrogens (primary N) is 1. The van der Waals surface area contributed by atoms with Gasteiger partial charge in [-0.05, 0) is 36.6 Å². The summed E-state index contributed by atoms with van der Waals surface area (Å²) in [5.41, 5.74) is 8.09. The monoisotopic (exact) mass is 409 g/mol. The predicted octanol–water partition coefficient (Wildman–Crippen LogP) is 2.66. The smallest absolute Gasteiger partial charge is 0.191 e. The van der Waals surface area contributed by atoms with E-state index in [1.807, 2.05) is 24.8 Å². The molecule has 112 valence electrons. The number of thioether (sulfide) groups is 1. The normalized spacial score (nSPS) is 15.9. The Kier molecular flexibility index (Phi) is 7.65. The maximum Gasteiger partial charge on any atom is 0.191 e. The third-order valence-electron chi connectivity index (χ3n) is 3.29. The number of hydrogen-bond donors (Lipinski definition) is 1. The van der Waals surface area contributed by atoms with Crippen molar-refractivity contribution in [2.75, 3.05) is 31.1 Å². The van der Waals surface area contributed by atoms with E-state index in [1.165, 1.54) is 6.07 Å². The van der Waals surface area contributed by atoms with Gasteiger partial charge in [0.2, 0.25) is 0 Å². The summed E-state index contributed by atoms with van der Waals surface area (Å²) in [6.07, 6.45) is 0.801. The van der Waals surface area contributed by atoms with Crippen molar-refractivity contribution in [3.8, 4) is 0 Å². The minimum atomic E-state index is -0.185. The van der Waals surface area contributed by atoms with E-state index in [0.717, 1.165) is 42.1 Å². The van der Waals surface area contributed by atoms with Crippen LogP contribution >= 0.6 is 35.7 Å². The zero-order valence-electron chi connectivity index (χ0n) is 11.6. The summed E-state index contributed by atoms with van der Waals surface area (Å²) in [6, 6.07) is 4.88. The van der Waals surface area contributed by atoms with Gasteiger partial charge in [-0.1, -0.05) is 6.07 Å². The van der Waals surface area contributed by atoms with Crippen molar-refractivity contribution in [3.05, 3.63) is 35.1 Å². The lowest BCUT2D eigenvalue weighted by Gasteiger charge is -2.27. The zero-order chi connectivity index (χ0) is 13.7. The molecule has 0 aliphatic carbocycles. The largest absolute Gasteiger partial charge is 0.370 e. The fourth-order valence-corrected chi connectivity index (χ4v) is 3.03. The minimum absolute atomic E-state index is 0. The number of guanidine groups is 1. The Balaban J connectivity index is 0.00000200. The number of benzene rings is 1. The van der Waals surface area contributed by atoms with Gasteiger partial charge in [0.05, 0.1) is 0 Å². The first kappa shape index (κ1) is 17.6. The predicted molar refractivity (Wildman–Crippen MR) is 95.6 cm³/mol. The van der Waals surface area contributed by atoms with Gasteiger partial charge in [-0.2, -0.15) is 11.8 Å². The fourth-order valence-electron chi connectivity index (χ4n) is 2.12. The molecule has 0 bridgehead atoms. The molecular formula is C14H21FIN3S. The molecule has 1 aliphatic rings. The van der Waals surface area contributed by atoms with E-state index in [-0.39, 0.29) is 29.8 Å². The molecule has 6 heteroatoms. The van der Waals surface area contributed by atoms with E-state index < -0.39 is 0 Å². The Labute approximate surface area is 141 Å². The Morgan fingerprint density at radius 3 is 2.75 bits per heavy atom. The Morgan fingerprint density at radius 1 is 1.40 bits per heavy atom. The Morgan fingerprint density at radius 2 is 2.10 bits per heavy atom. The summed E-state index contributed by atoms with van der Waals surface area (Å²) in [5, 5.41) is 0. The number of aliphatic imine (C=N–C) groups is 1.